The molecule has 0 aliphatic rings. The summed E-state index contributed by atoms with van der Waals surface area (Å²) in [5.41, 5.74) is 4.46. The van der Waals surface area contributed by atoms with Crippen molar-refractivity contribution in [1.29, 1.82) is 0 Å². The first-order valence-corrected chi connectivity index (χ1v) is 25.0. The van der Waals surface area contributed by atoms with Crippen molar-refractivity contribution in [3.63, 3.8) is 0 Å². The number of carbonyl (C=O) groups is 2. The van der Waals surface area contributed by atoms with Crippen molar-refractivity contribution in [2.75, 3.05) is 28.4 Å². The largest absolute Gasteiger partial charge is 0.497 e. The Morgan fingerprint density at radius 2 is 0.870 bits per heavy atom. The third-order valence-corrected chi connectivity index (χ3v) is 13.8. The molecule has 2 aromatic heterocycles. The molecule has 0 radical (unpaired) electrons. The molecule has 0 spiro atoms. The number of benzene rings is 4. The SMILES string of the molecule is CC(=O)O.CCCc1cc(S(=O)(=O)N(Cc2ccc(OC)cc2)Cc2ccc(OC)cc2)nn1C(C)C.COc1ccc(CN(Cc2ccc(OC)cc2)S(=O)(=O)c2cc(C=O)n(C(C)C)n2)cc1. The minimum absolute atomic E-state index is 0.0760. The van der Waals surface area contributed by atoms with Crippen molar-refractivity contribution < 1.29 is 50.5 Å². The number of carboxylic acid groups (broad SMARTS) is 1. The van der Waals surface area contributed by atoms with Gasteiger partial charge in [0.2, 0.25) is 0 Å². The second-order valence-electron chi connectivity index (χ2n) is 16.3. The highest BCUT2D eigenvalue weighted by Crippen LogP contribution is 2.27. The smallest absolute Gasteiger partial charge is 0.300 e. The van der Waals surface area contributed by atoms with Gasteiger partial charge in [0.25, 0.3) is 26.0 Å². The van der Waals surface area contributed by atoms with Gasteiger partial charge in [0.15, 0.2) is 16.3 Å². The highest BCUT2D eigenvalue weighted by atomic mass is 32.2. The quantitative estimate of drug-likeness (QED) is 0.0673. The summed E-state index contributed by atoms with van der Waals surface area (Å²) >= 11 is 0. The number of aldehydes is 1. The Balaban J connectivity index is 0.000000279. The summed E-state index contributed by atoms with van der Waals surface area (Å²) in [6, 6.07) is 32.2. The van der Waals surface area contributed by atoms with Crippen LogP contribution in [0.15, 0.2) is 119 Å². The van der Waals surface area contributed by atoms with E-state index in [1.165, 1.54) is 19.4 Å². The summed E-state index contributed by atoms with van der Waals surface area (Å²) < 4.78 is 81.6. The van der Waals surface area contributed by atoms with E-state index in [1.807, 2.05) is 105 Å². The number of aromatic nitrogens is 4. The zero-order valence-electron chi connectivity index (χ0n) is 40.9. The fourth-order valence-corrected chi connectivity index (χ4v) is 9.63. The van der Waals surface area contributed by atoms with Crippen molar-refractivity contribution in [2.45, 2.75) is 103 Å². The van der Waals surface area contributed by atoms with Gasteiger partial charge in [-0.1, -0.05) is 61.9 Å². The molecule has 0 saturated heterocycles. The second kappa shape index (κ2) is 25.7. The van der Waals surface area contributed by atoms with E-state index in [2.05, 4.69) is 17.1 Å². The molecule has 19 heteroatoms. The molecule has 0 bridgehead atoms. The highest BCUT2D eigenvalue weighted by molar-refractivity contribution is 7.89. The minimum atomic E-state index is -3.99. The van der Waals surface area contributed by atoms with Crippen LogP contribution in [0.4, 0.5) is 0 Å². The summed E-state index contributed by atoms with van der Waals surface area (Å²) in [6.07, 6.45) is 2.31. The van der Waals surface area contributed by atoms with E-state index in [9.17, 15) is 21.6 Å². The van der Waals surface area contributed by atoms with E-state index in [0.29, 0.717) is 17.8 Å². The van der Waals surface area contributed by atoms with E-state index in [0.717, 1.165) is 59.2 Å². The molecule has 17 nitrogen and oxygen atoms in total. The molecular weight excluding hydrogens is 925 g/mol. The Morgan fingerprint density at radius 1 is 0.580 bits per heavy atom. The van der Waals surface area contributed by atoms with E-state index in [4.69, 9.17) is 28.8 Å². The first kappa shape index (κ1) is 55.1. The van der Waals surface area contributed by atoms with E-state index >= 15 is 0 Å². The molecule has 0 saturated carbocycles. The van der Waals surface area contributed by atoms with Crippen LogP contribution in [0.2, 0.25) is 0 Å². The normalized spacial score (nSPS) is 11.4. The van der Waals surface area contributed by atoms with Crippen LogP contribution in [0, 0.1) is 0 Å². The fourth-order valence-electron chi connectivity index (χ4n) is 6.89. The fraction of sp³-hybridized carbons (Fsp3) is 0.360. The lowest BCUT2D eigenvalue weighted by molar-refractivity contribution is -0.134. The van der Waals surface area contributed by atoms with Crippen LogP contribution in [-0.2, 0) is 57.4 Å². The molecule has 0 fully saturated rings. The third-order valence-electron chi connectivity index (χ3n) is 10.4. The van der Waals surface area contributed by atoms with Crippen LogP contribution in [0.3, 0.4) is 0 Å². The topological polar surface area (TPSA) is 202 Å². The van der Waals surface area contributed by atoms with Crippen LogP contribution < -0.4 is 18.9 Å². The molecule has 69 heavy (non-hydrogen) atoms. The van der Waals surface area contributed by atoms with Gasteiger partial charge in [-0.15, -0.1) is 0 Å². The zero-order chi connectivity index (χ0) is 50.9. The molecule has 0 atom stereocenters. The molecule has 2 heterocycles. The van der Waals surface area contributed by atoms with Gasteiger partial charge in [0.05, 0.1) is 28.4 Å². The summed E-state index contributed by atoms with van der Waals surface area (Å²) in [4.78, 5) is 20.5. The Bertz CT molecular complexity index is 2670. The van der Waals surface area contributed by atoms with Crippen LogP contribution in [0.1, 0.15) is 98.5 Å². The minimum Gasteiger partial charge on any atom is -0.497 e. The Morgan fingerprint density at radius 3 is 1.12 bits per heavy atom. The lowest BCUT2D eigenvalue weighted by Crippen LogP contribution is -2.30. The second-order valence-corrected chi connectivity index (χ2v) is 20.1. The van der Waals surface area contributed by atoms with Gasteiger partial charge in [-0.05, 0) is 111 Å². The number of hydrogen-bond acceptors (Lipinski definition) is 12. The summed E-state index contributed by atoms with van der Waals surface area (Å²) in [5, 5.41) is 16.1. The maximum Gasteiger partial charge on any atom is 0.300 e. The molecule has 6 aromatic rings. The molecular formula is C50H64N6O11S2. The molecule has 1 N–H and O–H groups in total. The monoisotopic (exact) mass is 988 g/mol. The number of aryl methyl sites for hydroxylation is 1. The molecule has 0 amide bonds. The number of sulfonamides is 2. The number of carbonyl (C=O) groups excluding carboxylic acids is 1. The first-order valence-electron chi connectivity index (χ1n) is 22.1. The van der Waals surface area contributed by atoms with Crippen molar-refractivity contribution in [3.05, 3.63) is 143 Å². The molecule has 0 unspecified atom stereocenters. The average Bonchev–Trinajstić information content (AvgIpc) is 3.99. The number of carboxylic acids is 1. The van der Waals surface area contributed by atoms with Crippen molar-refractivity contribution in [1.82, 2.24) is 28.2 Å². The molecule has 0 aliphatic heterocycles. The van der Waals surface area contributed by atoms with Crippen LogP contribution in [0.5, 0.6) is 23.0 Å². The van der Waals surface area contributed by atoms with Gasteiger partial charge >= 0.3 is 0 Å². The standard InChI is InChI=1S/C25H33N3O4S.C23H27N3O5S.C2H4O2/c1-6-7-22-16-25(26-28(22)19(2)3)33(29,30)27(17-20-8-12-23(31-4)13-9-20)18-21-10-14-24(32-5)15-11-21;1-17(2)26-20(16-27)13-23(24-26)32(28,29)25(14-18-5-9-21(30-3)10-6-18)15-19-7-11-22(31-4)12-8-19;1-2(3)4/h8-16,19H,6-7,17-18H2,1-5H3;5-13,16-17H,14-15H2,1-4H3;1H3,(H,3,4). The van der Waals surface area contributed by atoms with Gasteiger partial charge in [-0.25, -0.2) is 16.8 Å². The predicted octanol–water partition coefficient (Wildman–Crippen LogP) is 8.60. The first-order chi connectivity index (χ1) is 32.8. The summed E-state index contributed by atoms with van der Waals surface area (Å²) in [7, 11) is -1.48. The maximum atomic E-state index is 13.8. The van der Waals surface area contributed by atoms with Gasteiger partial charge < -0.3 is 24.1 Å². The van der Waals surface area contributed by atoms with E-state index in [1.54, 1.807) is 58.8 Å². The van der Waals surface area contributed by atoms with Crippen molar-refractivity contribution >= 4 is 32.3 Å². The molecule has 0 aliphatic carbocycles. The van der Waals surface area contributed by atoms with Gasteiger partial charge in [-0.3, -0.25) is 19.0 Å². The summed E-state index contributed by atoms with van der Waals surface area (Å²) in [6.45, 7) is 11.5. The van der Waals surface area contributed by atoms with Gasteiger partial charge in [-0.2, -0.15) is 18.8 Å². The number of aliphatic carboxylic acids is 1. The van der Waals surface area contributed by atoms with Crippen molar-refractivity contribution in [3.8, 4) is 23.0 Å². The highest BCUT2D eigenvalue weighted by Gasteiger charge is 2.31. The lowest BCUT2D eigenvalue weighted by Gasteiger charge is -2.22. The molecule has 4 aromatic carbocycles. The lowest BCUT2D eigenvalue weighted by atomic mass is 10.2. The van der Waals surface area contributed by atoms with Gasteiger partial charge in [0, 0.05) is 56.9 Å². The number of methoxy groups -OCH3 is 4. The third kappa shape index (κ3) is 15.5. The molecule has 6 rings (SSSR count). The summed E-state index contributed by atoms with van der Waals surface area (Å²) in [5.74, 6) is 1.99. The van der Waals surface area contributed by atoms with E-state index < -0.39 is 26.0 Å². The van der Waals surface area contributed by atoms with E-state index in [-0.39, 0.29) is 54.0 Å². The number of ether oxygens (including phenoxy) is 4. The Hall–Kier alpha value is -6.54. The number of nitrogens with zero attached hydrogens (tertiary/aromatic N) is 6. The van der Waals surface area contributed by atoms with Crippen LogP contribution in [0.25, 0.3) is 0 Å². The van der Waals surface area contributed by atoms with Crippen LogP contribution >= 0.6 is 0 Å². The Kier molecular flexibility index (Phi) is 20.5. The van der Waals surface area contributed by atoms with Crippen molar-refractivity contribution in [2.24, 2.45) is 0 Å². The predicted molar refractivity (Wildman–Crippen MR) is 263 cm³/mol. The maximum absolute atomic E-state index is 13.8. The number of hydrogen-bond donors (Lipinski definition) is 1. The van der Waals surface area contributed by atoms with Crippen LogP contribution in [-0.4, -0.2) is 90.8 Å². The number of rotatable bonds is 21. The molecule has 372 valence electrons. The zero-order valence-corrected chi connectivity index (χ0v) is 42.5. The average molecular weight is 989 g/mol. The van der Waals surface area contributed by atoms with Gasteiger partial charge in [0.1, 0.15) is 28.7 Å². The Labute approximate surface area is 406 Å².